The summed E-state index contributed by atoms with van der Waals surface area (Å²) in [7, 11) is 5.61. The highest BCUT2D eigenvalue weighted by atomic mass is 79.9. The van der Waals surface area contributed by atoms with E-state index in [0.717, 1.165) is 126 Å². The van der Waals surface area contributed by atoms with E-state index in [4.69, 9.17) is 45.6 Å². The van der Waals surface area contributed by atoms with Gasteiger partial charge in [-0.05, 0) is 227 Å². The zero-order valence-corrected chi connectivity index (χ0v) is 60.9. The molecule has 0 N–H and O–H groups in total. The lowest BCUT2D eigenvalue weighted by molar-refractivity contribution is 0.103. The summed E-state index contributed by atoms with van der Waals surface area (Å²) in [4.78, 5) is 53.4. The van der Waals surface area contributed by atoms with Gasteiger partial charge in [0.1, 0.15) is 45.5 Å². The summed E-state index contributed by atoms with van der Waals surface area (Å²) >= 11 is 26.4. The van der Waals surface area contributed by atoms with Gasteiger partial charge in [0.2, 0.25) is 5.78 Å². The van der Waals surface area contributed by atoms with Crippen molar-refractivity contribution in [3.05, 3.63) is 237 Å². The summed E-state index contributed by atoms with van der Waals surface area (Å²) in [6.07, 6.45) is 11.2. The summed E-state index contributed by atoms with van der Waals surface area (Å²) < 4.78 is 32.5. The van der Waals surface area contributed by atoms with Crippen LogP contribution in [0.5, 0.6) is 5.75 Å². The first kappa shape index (κ1) is 66.1. The van der Waals surface area contributed by atoms with E-state index < -0.39 is 0 Å². The van der Waals surface area contributed by atoms with Gasteiger partial charge in [-0.3, -0.25) is 19.2 Å². The third-order valence-electron chi connectivity index (χ3n) is 17.2. The molecule has 12 aromatic rings. The summed E-state index contributed by atoms with van der Waals surface area (Å²) in [6.45, 7) is 11.0. The molecule has 0 unspecified atom stereocenters. The zero-order chi connectivity index (χ0) is 67.7. The number of ketones is 4. The monoisotopic (exact) mass is 1560 g/mol. The van der Waals surface area contributed by atoms with Crippen LogP contribution in [0.1, 0.15) is 104 Å². The fraction of sp³-hybridized carbons (Fsp3) is 0.139. The lowest BCUT2D eigenvalue weighted by atomic mass is 9.94. The number of hydrogen-bond acceptors (Lipinski definition) is 11. The third kappa shape index (κ3) is 12.1. The number of aryl methyl sites for hydroxylation is 1. The summed E-state index contributed by atoms with van der Waals surface area (Å²) in [6, 6.07) is 48.0. The molecule has 8 aromatic carbocycles. The molecule has 4 heterocycles. The van der Waals surface area contributed by atoms with Crippen LogP contribution in [0.25, 0.3) is 112 Å². The molecule has 0 bridgehead atoms. The Morgan fingerprint density at radius 2 is 1.05 bits per heavy atom. The Bertz CT molecular complexity index is 5310. The highest BCUT2D eigenvalue weighted by Crippen LogP contribution is 2.49. The first-order valence-electron chi connectivity index (χ1n) is 30.8. The maximum absolute atomic E-state index is 12.4. The van der Waals surface area contributed by atoms with Gasteiger partial charge in [-0.2, -0.15) is 0 Å². The van der Waals surface area contributed by atoms with Crippen LogP contribution < -0.4 is 14.5 Å². The molecule has 96 heavy (non-hydrogen) atoms. The highest BCUT2D eigenvalue weighted by Gasteiger charge is 2.31. The molecule has 0 amide bonds. The van der Waals surface area contributed by atoms with Crippen molar-refractivity contribution in [3.8, 4) is 51.0 Å². The van der Waals surface area contributed by atoms with E-state index in [9.17, 15) is 19.2 Å². The predicted octanol–water partition coefficient (Wildman–Crippen LogP) is 23.8. The first-order valence-corrected chi connectivity index (χ1v) is 34.8. The quantitative estimate of drug-likeness (QED) is 0.129. The molecule has 0 radical (unpaired) electrons. The molecule has 480 valence electrons. The molecule has 4 aliphatic carbocycles. The van der Waals surface area contributed by atoms with E-state index >= 15 is 0 Å². The molecular formula is C79H58Br4Cl2N2O9. The van der Waals surface area contributed by atoms with Crippen molar-refractivity contribution in [1.82, 2.24) is 0 Å². The number of carbonyl (C=O) groups excluding carboxylic acids is 4. The third-order valence-corrected chi connectivity index (χ3v) is 20.1. The fourth-order valence-corrected chi connectivity index (χ4v) is 15.2. The lowest BCUT2D eigenvalue weighted by Gasteiger charge is -2.33. The van der Waals surface area contributed by atoms with Gasteiger partial charge in [0.25, 0.3) is 0 Å². The van der Waals surface area contributed by atoms with Crippen LogP contribution in [0.4, 0.5) is 11.4 Å². The van der Waals surface area contributed by atoms with E-state index in [1.165, 1.54) is 17.3 Å². The van der Waals surface area contributed by atoms with Gasteiger partial charge in [0, 0.05) is 135 Å². The predicted molar refractivity (Wildman–Crippen MR) is 404 cm³/mol. The number of furan rings is 4. The number of methoxy groups -OCH3 is 1. The van der Waals surface area contributed by atoms with Gasteiger partial charge in [0.05, 0.1) is 31.7 Å². The smallest absolute Gasteiger partial charge is 0.200 e. The number of anilines is 2. The fourth-order valence-electron chi connectivity index (χ4n) is 12.8. The van der Waals surface area contributed by atoms with Crippen molar-refractivity contribution in [2.24, 2.45) is 0 Å². The van der Waals surface area contributed by atoms with Crippen molar-refractivity contribution in [3.63, 3.8) is 0 Å². The number of ether oxygens (including phenoxy) is 1. The molecular weight excluding hydrogens is 1510 g/mol. The Labute approximate surface area is 597 Å². The van der Waals surface area contributed by atoms with Gasteiger partial charge >= 0.3 is 0 Å². The molecule has 0 saturated heterocycles. The van der Waals surface area contributed by atoms with Crippen LogP contribution in [0.15, 0.2) is 195 Å². The second kappa shape index (κ2) is 26.8. The Balaban J connectivity index is 0.000000116. The molecule has 0 aliphatic heterocycles. The van der Waals surface area contributed by atoms with Gasteiger partial charge in [-0.25, -0.2) is 0 Å². The highest BCUT2D eigenvalue weighted by molar-refractivity contribution is 9.15. The Hall–Kier alpha value is -8.54. The topological polar surface area (TPSA) is 137 Å². The second-order valence-corrected chi connectivity index (χ2v) is 28.3. The number of carbonyl (C=O) groups is 4. The Morgan fingerprint density at radius 1 is 0.479 bits per heavy atom. The number of Topliss-reactive ketones (excluding diaryl/α,β-unsaturated/α-hetero) is 1. The van der Waals surface area contributed by atoms with Crippen molar-refractivity contribution in [2.45, 2.75) is 53.1 Å². The molecule has 4 aromatic heterocycles. The first-order chi connectivity index (χ1) is 46.1. The van der Waals surface area contributed by atoms with E-state index in [2.05, 4.69) is 152 Å². The standard InChI is InChI=1S/C23H23NO2.C19H12Br2O2.C19H13Cl2NO2.C18H10Br2O3/c1-14(2)24(15(3)4)17-10-8-16(9-11-17)23-19-12-13-20(25)18-6-5-7-21(26-23)22(18)19;1-2-10-3-5-11(6-4-10)19-18-14(21)9-15(22)13-7-12(20)8-16(23-19)17(13)18;1-22(2)11-5-3-10(4-6-11)18-12-7-8-15(23)17-13(20)9-14(21)19(24-18)16(12)17;1-22-10-4-2-9(3-5-10)17-12-8-14(20)16(21)11-6-7-13(19)18(23-17)15(11)12/h5-15H,1-4H3;3-9H,2H2,1H3;3-9H,1-2H3;2-8H,1H3. The molecule has 0 fully saturated rings. The van der Waals surface area contributed by atoms with Crippen LogP contribution in [-0.4, -0.2) is 56.4 Å². The van der Waals surface area contributed by atoms with Gasteiger partial charge in [-0.1, -0.05) is 82.5 Å². The van der Waals surface area contributed by atoms with Crippen molar-refractivity contribution in [1.29, 1.82) is 0 Å². The van der Waals surface area contributed by atoms with Crippen LogP contribution in [0.3, 0.4) is 0 Å². The number of allylic oxidation sites excluding steroid dienone is 4. The Kier molecular flexibility index (Phi) is 18.5. The van der Waals surface area contributed by atoms with Gasteiger partial charge < -0.3 is 32.2 Å². The summed E-state index contributed by atoms with van der Waals surface area (Å²) in [5.74, 6) is 3.68. The molecule has 0 atom stereocenters. The van der Waals surface area contributed by atoms with Crippen LogP contribution in [0, 0.1) is 0 Å². The lowest BCUT2D eigenvalue weighted by Crippen LogP contribution is -2.36. The number of benzene rings is 8. The number of hydrogen-bond donors (Lipinski definition) is 0. The van der Waals surface area contributed by atoms with Crippen LogP contribution >= 0.6 is 86.9 Å². The van der Waals surface area contributed by atoms with Gasteiger partial charge in [-0.15, -0.1) is 0 Å². The summed E-state index contributed by atoms with van der Waals surface area (Å²) in [5.41, 5.74) is 16.3. The van der Waals surface area contributed by atoms with E-state index in [-0.39, 0.29) is 23.1 Å². The van der Waals surface area contributed by atoms with Crippen molar-refractivity contribution >= 4 is 188 Å². The second-order valence-electron chi connectivity index (χ2n) is 24.0. The molecule has 11 nitrogen and oxygen atoms in total. The number of nitrogens with zero attached hydrogens (tertiary/aromatic N) is 2. The van der Waals surface area contributed by atoms with Crippen LogP contribution in [-0.2, 0) is 6.42 Å². The molecule has 0 saturated carbocycles. The SMILES string of the molecule is CC(C)N(c1ccc(-c2oc3cccc4c3c2C=CC4=O)cc1)C(C)C.CCc1ccc(-c2oc3cc(Br)cc4c3c2C(Br)=CC4=O)cc1.CN(C)c1ccc(-c2oc3c(Cl)cc(Cl)c4c3c2C=CC4=O)cc1.COc1ccc(-c2oc3c(Br)ccc4c3c2C=C(Br)C4=O)cc1. The van der Waals surface area contributed by atoms with E-state index in [0.29, 0.717) is 65.6 Å². The number of rotatable bonds is 10. The zero-order valence-electron chi connectivity index (χ0n) is 53.0. The Morgan fingerprint density at radius 3 is 1.69 bits per heavy atom. The minimum Gasteiger partial charge on any atom is -0.497 e. The largest absolute Gasteiger partial charge is 0.497 e. The molecule has 16 rings (SSSR count). The average Bonchev–Trinajstić information content (AvgIpc) is 1.59. The molecule has 4 aliphatic rings. The minimum atomic E-state index is -0.135. The minimum absolute atomic E-state index is 0.00986. The molecule has 17 heteroatoms. The summed E-state index contributed by atoms with van der Waals surface area (Å²) in [5, 5.41) is 4.08. The van der Waals surface area contributed by atoms with E-state index in [1.54, 1.807) is 31.4 Å². The maximum Gasteiger partial charge on any atom is 0.200 e. The maximum atomic E-state index is 12.4. The normalized spacial score (nSPS) is 13.2. The van der Waals surface area contributed by atoms with Gasteiger partial charge in [0.15, 0.2) is 22.9 Å². The van der Waals surface area contributed by atoms with E-state index in [1.807, 2.05) is 122 Å². The van der Waals surface area contributed by atoms with Crippen LogP contribution in [0.2, 0.25) is 10.0 Å². The molecule has 0 spiro atoms. The average molecular weight is 1570 g/mol. The van der Waals surface area contributed by atoms with Crippen molar-refractivity contribution in [2.75, 3.05) is 31.0 Å². The van der Waals surface area contributed by atoms with Crippen molar-refractivity contribution < 1.29 is 41.6 Å². The number of halogens is 6.